The fourth-order valence-electron chi connectivity index (χ4n) is 2.66. The van der Waals surface area contributed by atoms with Gasteiger partial charge < -0.3 is 10.1 Å². The van der Waals surface area contributed by atoms with Crippen LogP contribution in [0.25, 0.3) is 5.82 Å². The summed E-state index contributed by atoms with van der Waals surface area (Å²) < 4.78 is 33.8. The Morgan fingerprint density at radius 1 is 1.24 bits per heavy atom. The number of carbonyl (C=O) groups is 1. The monoisotopic (exact) mass is 463 g/mol. The first-order chi connectivity index (χ1) is 13.8. The van der Waals surface area contributed by atoms with Crippen molar-refractivity contribution < 1.29 is 18.3 Å². The summed E-state index contributed by atoms with van der Waals surface area (Å²) in [5.74, 6) is -1.15. The molecule has 0 radical (unpaired) electrons. The molecular formula is C20H16BrF2N3O3. The molecular weight excluding hydrogens is 448 g/mol. The summed E-state index contributed by atoms with van der Waals surface area (Å²) >= 11 is 3.21. The van der Waals surface area contributed by atoms with E-state index in [4.69, 9.17) is 4.74 Å². The number of benzene rings is 1. The molecule has 9 heteroatoms. The quantitative estimate of drug-likeness (QED) is 0.628. The van der Waals surface area contributed by atoms with Crippen LogP contribution in [0, 0.1) is 18.6 Å². The molecule has 0 spiro atoms. The SMILES string of the molecule is CNC(=O)c1ccc(-n2c(C)cc(OCc3ccc(F)cc3F)c(Br)c2=O)nc1. The van der Waals surface area contributed by atoms with Gasteiger partial charge in [0.05, 0.1) is 5.56 Å². The number of hydrogen-bond acceptors (Lipinski definition) is 4. The number of hydrogen-bond donors (Lipinski definition) is 1. The molecule has 3 rings (SSSR count). The highest BCUT2D eigenvalue weighted by Crippen LogP contribution is 2.25. The Morgan fingerprint density at radius 2 is 2.00 bits per heavy atom. The Kier molecular flexibility index (Phi) is 6.07. The normalized spacial score (nSPS) is 10.7. The second-order valence-electron chi connectivity index (χ2n) is 6.11. The summed E-state index contributed by atoms with van der Waals surface area (Å²) in [7, 11) is 1.51. The van der Waals surface area contributed by atoms with Gasteiger partial charge in [-0.1, -0.05) is 0 Å². The zero-order valence-corrected chi connectivity index (χ0v) is 17.1. The fraction of sp³-hybridized carbons (Fsp3) is 0.150. The average Bonchev–Trinajstić information content (AvgIpc) is 2.70. The van der Waals surface area contributed by atoms with E-state index in [0.717, 1.165) is 12.1 Å². The lowest BCUT2D eigenvalue weighted by Crippen LogP contribution is -2.23. The van der Waals surface area contributed by atoms with Crippen LogP contribution >= 0.6 is 15.9 Å². The maximum absolute atomic E-state index is 13.8. The van der Waals surface area contributed by atoms with Crippen molar-refractivity contribution in [3.63, 3.8) is 0 Å². The standard InChI is InChI=1S/C20H16BrF2N3O3/c1-11-7-16(29-10-13-3-5-14(22)8-15(13)23)18(21)20(28)26(11)17-6-4-12(9-25-17)19(27)24-2/h3-9H,10H2,1-2H3,(H,24,27). The average molecular weight is 464 g/mol. The smallest absolute Gasteiger partial charge is 0.274 e. The molecule has 0 unspecified atom stereocenters. The summed E-state index contributed by atoms with van der Waals surface area (Å²) in [6.07, 6.45) is 1.37. The molecule has 0 fully saturated rings. The van der Waals surface area contributed by atoms with Crippen molar-refractivity contribution in [2.75, 3.05) is 7.05 Å². The van der Waals surface area contributed by atoms with Gasteiger partial charge >= 0.3 is 0 Å². The Labute approximate surface area is 173 Å². The van der Waals surface area contributed by atoms with Crippen LogP contribution in [-0.4, -0.2) is 22.5 Å². The van der Waals surface area contributed by atoms with E-state index in [9.17, 15) is 18.4 Å². The minimum absolute atomic E-state index is 0.128. The minimum atomic E-state index is -0.730. The van der Waals surface area contributed by atoms with E-state index in [1.54, 1.807) is 25.1 Å². The third kappa shape index (κ3) is 4.34. The second-order valence-corrected chi connectivity index (χ2v) is 6.91. The molecule has 2 aromatic heterocycles. The number of carbonyl (C=O) groups excluding carboxylic acids is 1. The lowest BCUT2D eigenvalue weighted by molar-refractivity contribution is 0.0962. The van der Waals surface area contributed by atoms with Gasteiger partial charge in [-0.15, -0.1) is 0 Å². The van der Waals surface area contributed by atoms with E-state index in [0.29, 0.717) is 17.1 Å². The highest BCUT2D eigenvalue weighted by Gasteiger charge is 2.15. The molecule has 3 aromatic rings. The highest BCUT2D eigenvalue weighted by molar-refractivity contribution is 9.10. The van der Waals surface area contributed by atoms with Crippen molar-refractivity contribution in [3.8, 4) is 11.6 Å². The third-order valence-electron chi connectivity index (χ3n) is 4.16. The second kappa shape index (κ2) is 8.52. The van der Waals surface area contributed by atoms with Crippen LogP contribution in [-0.2, 0) is 6.61 Å². The van der Waals surface area contributed by atoms with Gasteiger partial charge in [0, 0.05) is 36.6 Å². The first-order valence-corrected chi connectivity index (χ1v) is 9.28. The third-order valence-corrected chi connectivity index (χ3v) is 4.89. The first kappa shape index (κ1) is 20.7. The number of aromatic nitrogens is 2. The maximum Gasteiger partial charge on any atom is 0.274 e. The van der Waals surface area contributed by atoms with Gasteiger partial charge in [-0.05, 0) is 47.1 Å². The summed E-state index contributed by atoms with van der Waals surface area (Å²) in [4.78, 5) is 28.6. The summed E-state index contributed by atoms with van der Waals surface area (Å²) in [5.41, 5.74) is 0.613. The highest BCUT2D eigenvalue weighted by atomic mass is 79.9. The number of pyridine rings is 2. The van der Waals surface area contributed by atoms with Crippen LogP contribution in [0.1, 0.15) is 21.6 Å². The Hall–Kier alpha value is -3.07. The molecule has 0 saturated heterocycles. The number of halogens is 3. The predicted octanol–water partition coefficient (Wildman–Crippen LogP) is 3.52. The first-order valence-electron chi connectivity index (χ1n) is 8.49. The van der Waals surface area contributed by atoms with Crippen LogP contribution in [0.15, 0.2) is 51.9 Å². The van der Waals surface area contributed by atoms with Crippen LogP contribution in [0.4, 0.5) is 8.78 Å². The number of aryl methyl sites for hydroxylation is 1. The fourth-order valence-corrected chi connectivity index (χ4v) is 3.07. The van der Waals surface area contributed by atoms with Crippen LogP contribution in [0.3, 0.4) is 0 Å². The van der Waals surface area contributed by atoms with E-state index in [2.05, 4.69) is 26.2 Å². The van der Waals surface area contributed by atoms with Gasteiger partial charge in [0.15, 0.2) is 0 Å². The van der Waals surface area contributed by atoms with Crippen LogP contribution < -0.4 is 15.6 Å². The van der Waals surface area contributed by atoms with E-state index in [1.165, 1.54) is 23.9 Å². The molecule has 150 valence electrons. The number of amides is 1. The number of ether oxygens (including phenoxy) is 1. The molecule has 1 aromatic carbocycles. The van der Waals surface area contributed by atoms with Gasteiger partial charge in [0.25, 0.3) is 11.5 Å². The van der Waals surface area contributed by atoms with Crippen molar-refractivity contribution in [1.82, 2.24) is 14.9 Å². The molecule has 1 N–H and O–H groups in total. The number of nitrogens with zero attached hydrogens (tertiary/aromatic N) is 2. The van der Waals surface area contributed by atoms with E-state index in [1.807, 2.05) is 0 Å². The van der Waals surface area contributed by atoms with Crippen molar-refractivity contribution in [2.45, 2.75) is 13.5 Å². The molecule has 2 heterocycles. The Morgan fingerprint density at radius 3 is 2.62 bits per heavy atom. The van der Waals surface area contributed by atoms with E-state index < -0.39 is 17.2 Å². The van der Waals surface area contributed by atoms with Gasteiger partial charge in [0.2, 0.25) is 0 Å². The maximum atomic E-state index is 13.8. The van der Waals surface area contributed by atoms with Gasteiger partial charge in [0.1, 0.15) is 34.3 Å². The zero-order valence-electron chi connectivity index (χ0n) is 15.5. The molecule has 0 atom stereocenters. The largest absolute Gasteiger partial charge is 0.487 e. The van der Waals surface area contributed by atoms with Crippen molar-refractivity contribution in [3.05, 3.63) is 85.9 Å². The Balaban J connectivity index is 1.90. The van der Waals surface area contributed by atoms with Crippen molar-refractivity contribution in [1.29, 1.82) is 0 Å². The molecule has 6 nitrogen and oxygen atoms in total. The lowest BCUT2D eigenvalue weighted by Gasteiger charge is -2.14. The van der Waals surface area contributed by atoms with Crippen molar-refractivity contribution >= 4 is 21.8 Å². The lowest BCUT2D eigenvalue weighted by atomic mass is 10.2. The van der Waals surface area contributed by atoms with Gasteiger partial charge in [-0.2, -0.15) is 0 Å². The van der Waals surface area contributed by atoms with Crippen LogP contribution in [0.2, 0.25) is 0 Å². The molecule has 0 aliphatic carbocycles. The van der Waals surface area contributed by atoms with Crippen LogP contribution in [0.5, 0.6) is 5.75 Å². The topological polar surface area (TPSA) is 73.2 Å². The minimum Gasteiger partial charge on any atom is -0.487 e. The molecule has 29 heavy (non-hydrogen) atoms. The number of rotatable bonds is 5. The molecule has 0 aliphatic heterocycles. The summed E-state index contributed by atoms with van der Waals surface area (Å²) in [5, 5.41) is 2.50. The predicted molar refractivity (Wildman–Crippen MR) is 106 cm³/mol. The molecule has 0 bridgehead atoms. The molecule has 0 aliphatic rings. The van der Waals surface area contributed by atoms with E-state index >= 15 is 0 Å². The van der Waals surface area contributed by atoms with E-state index in [-0.39, 0.29) is 28.3 Å². The Bertz CT molecular complexity index is 1130. The molecule has 1 amide bonds. The van der Waals surface area contributed by atoms with Gasteiger partial charge in [-0.3, -0.25) is 14.2 Å². The molecule has 0 saturated carbocycles. The summed E-state index contributed by atoms with van der Waals surface area (Å²) in [6.45, 7) is 1.51. The van der Waals surface area contributed by atoms with Gasteiger partial charge in [-0.25, -0.2) is 13.8 Å². The van der Waals surface area contributed by atoms with Crippen molar-refractivity contribution in [2.24, 2.45) is 0 Å². The summed E-state index contributed by atoms with van der Waals surface area (Å²) in [6, 6.07) is 7.90. The zero-order chi connectivity index (χ0) is 21.1. The number of nitrogens with one attached hydrogen (secondary N) is 1.